The number of benzene rings is 2. The highest BCUT2D eigenvalue weighted by molar-refractivity contribution is 9.10. The molecule has 2 rings (SSSR count). The Morgan fingerprint density at radius 3 is 2.70 bits per heavy atom. The fraction of sp³-hybridized carbons (Fsp3) is 0.250. The van der Waals surface area contributed by atoms with Crippen LogP contribution in [0.25, 0.3) is 0 Å². The van der Waals surface area contributed by atoms with Gasteiger partial charge in [0.1, 0.15) is 5.75 Å². The predicted octanol–water partition coefficient (Wildman–Crippen LogP) is 4.66. The summed E-state index contributed by atoms with van der Waals surface area (Å²) in [5.41, 5.74) is 6.76. The molecule has 0 aliphatic carbocycles. The van der Waals surface area contributed by atoms with Gasteiger partial charge in [0.15, 0.2) is 11.6 Å². The Kier molecular flexibility index (Phi) is 5.15. The van der Waals surface area contributed by atoms with Crippen LogP contribution in [-0.4, -0.2) is 6.04 Å². The van der Waals surface area contributed by atoms with Crippen LogP contribution in [0.5, 0.6) is 11.5 Å². The molecule has 2 nitrogen and oxygen atoms in total. The molecule has 0 saturated carbocycles. The van der Waals surface area contributed by atoms with E-state index >= 15 is 0 Å². The molecule has 0 saturated heterocycles. The standard InChI is InChI=1S/C16H17BrFNO/c1-2-13(19)8-11-6-7-16(15(18)9-11)20-14-5-3-4-12(17)10-14/h3-7,9-10,13H,2,8,19H2,1H3. The van der Waals surface area contributed by atoms with E-state index in [9.17, 15) is 4.39 Å². The van der Waals surface area contributed by atoms with E-state index in [-0.39, 0.29) is 17.6 Å². The lowest BCUT2D eigenvalue weighted by Crippen LogP contribution is -2.21. The van der Waals surface area contributed by atoms with E-state index in [1.165, 1.54) is 6.07 Å². The summed E-state index contributed by atoms with van der Waals surface area (Å²) < 4.78 is 20.4. The summed E-state index contributed by atoms with van der Waals surface area (Å²) in [5.74, 6) is 0.444. The second-order valence-electron chi connectivity index (χ2n) is 4.70. The number of halogens is 2. The molecular formula is C16H17BrFNO. The quantitative estimate of drug-likeness (QED) is 0.861. The zero-order chi connectivity index (χ0) is 14.5. The van der Waals surface area contributed by atoms with E-state index in [0.717, 1.165) is 16.5 Å². The van der Waals surface area contributed by atoms with Crippen LogP contribution in [-0.2, 0) is 6.42 Å². The van der Waals surface area contributed by atoms with Gasteiger partial charge in [0.2, 0.25) is 0 Å². The van der Waals surface area contributed by atoms with E-state index in [2.05, 4.69) is 15.9 Å². The van der Waals surface area contributed by atoms with Gasteiger partial charge in [-0.15, -0.1) is 0 Å². The van der Waals surface area contributed by atoms with Crippen LogP contribution in [0.15, 0.2) is 46.9 Å². The van der Waals surface area contributed by atoms with Crippen LogP contribution in [0.3, 0.4) is 0 Å². The normalized spacial score (nSPS) is 12.2. The van der Waals surface area contributed by atoms with E-state index in [4.69, 9.17) is 10.5 Å². The van der Waals surface area contributed by atoms with Gasteiger partial charge in [0.05, 0.1) is 0 Å². The summed E-state index contributed by atoms with van der Waals surface area (Å²) in [7, 11) is 0. The molecule has 0 amide bonds. The summed E-state index contributed by atoms with van der Waals surface area (Å²) in [6.07, 6.45) is 1.54. The van der Waals surface area contributed by atoms with Crippen molar-refractivity contribution in [3.63, 3.8) is 0 Å². The second-order valence-corrected chi connectivity index (χ2v) is 5.61. The number of hydrogen-bond acceptors (Lipinski definition) is 2. The van der Waals surface area contributed by atoms with Gasteiger partial charge < -0.3 is 10.5 Å². The minimum absolute atomic E-state index is 0.0613. The van der Waals surface area contributed by atoms with Crippen molar-refractivity contribution in [3.05, 3.63) is 58.3 Å². The van der Waals surface area contributed by atoms with Crippen molar-refractivity contribution in [2.75, 3.05) is 0 Å². The lowest BCUT2D eigenvalue weighted by atomic mass is 10.0. The van der Waals surface area contributed by atoms with Crippen molar-refractivity contribution in [2.45, 2.75) is 25.8 Å². The van der Waals surface area contributed by atoms with Gasteiger partial charge in [-0.2, -0.15) is 0 Å². The van der Waals surface area contributed by atoms with Crippen molar-refractivity contribution < 1.29 is 9.13 Å². The Balaban J connectivity index is 2.13. The van der Waals surface area contributed by atoms with E-state index < -0.39 is 0 Å². The molecule has 0 aromatic heterocycles. The minimum Gasteiger partial charge on any atom is -0.454 e. The SMILES string of the molecule is CCC(N)Cc1ccc(Oc2cccc(Br)c2)c(F)c1. The van der Waals surface area contributed by atoms with Crippen molar-refractivity contribution >= 4 is 15.9 Å². The van der Waals surface area contributed by atoms with Gasteiger partial charge in [0, 0.05) is 10.5 Å². The largest absolute Gasteiger partial charge is 0.454 e. The first kappa shape index (κ1) is 15.0. The molecule has 2 aromatic carbocycles. The fourth-order valence-electron chi connectivity index (χ4n) is 1.86. The lowest BCUT2D eigenvalue weighted by Gasteiger charge is -2.11. The molecule has 0 spiro atoms. The van der Waals surface area contributed by atoms with E-state index in [1.807, 2.05) is 25.1 Å². The molecular weight excluding hydrogens is 321 g/mol. The number of hydrogen-bond donors (Lipinski definition) is 1. The van der Waals surface area contributed by atoms with Gasteiger partial charge in [-0.05, 0) is 48.7 Å². The predicted molar refractivity (Wildman–Crippen MR) is 82.6 cm³/mol. The molecule has 106 valence electrons. The van der Waals surface area contributed by atoms with Gasteiger partial charge in [-0.1, -0.05) is 35.0 Å². The number of ether oxygens (including phenoxy) is 1. The Labute approximate surface area is 126 Å². The maximum Gasteiger partial charge on any atom is 0.165 e. The summed E-state index contributed by atoms with van der Waals surface area (Å²) in [4.78, 5) is 0. The van der Waals surface area contributed by atoms with Crippen LogP contribution < -0.4 is 10.5 Å². The van der Waals surface area contributed by atoms with Crippen molar-refractivity contribution in [1.29, 1.82) is 0 Å². The first-order valence-electron chi connectivity index (χ1n) is 6.56. The summed E-state index contributed by atoms with van der Waals surface area (Å²) in [6.45, 7) is 2.02. The minimum atomic E-state index is -0.370. The highest BCUT2D eigenvalue weighted by atomic mass is 79.9. The molecule has 2 aromatic rings. The third kappa shape index (κ3) is 4.05. The summed E-state index contributed by atoms with van der Waals surface area (Å²) in [6, 6.07) is 12.4. The van der Waals surface area contributed by atoms with Gasteiger partial charge >= 0.3 is 0 Å². The third-order valence-corrected chi connectivity index (χ3v) is 3.54. The zero-order valence-electron chi connectivity index (χ0n) is 11.3. The van der Waals surface area contributed by atoms with E-state index in [1.54, 1.807) is 18.2 Å². The van der Waals surface area contributed by atoms with Crippen LogP contribution in [0.1, 0.15) is 18.9 Å². The molecule has 0 aliphatic heterocycles. The van der Waals surface area contributed by atoms with Crippen molar-refractivity contribution in [2.24, 2.45) is 5.73 Å². The fourth-order valence-corrected chi connectivity index (χ4v) is 2.24. The van der Waals surface area contributed by atoms with Crippen LogP contribution >= 0.6 is 15.9 Å². The Morgan fingerprint density at radius 1 is 1.25 bits per heavy atom. The molecule has 0 aliphatic rings. The monoisotopic (exact) mass is 337 g/mol. The molecule has 1 unspecified atom stereocenters. The molecule has 0 fully saturated rings. The maximum absolute atomic E-state index is 14.0. The molecule has 2 N–H and O–H groups in total. The first-order chi connectivity index (χ1) is 9.58. The van der Waals surface area contributed by atoms with Crippen molar-refractivity contribution in [3.8, 4) is 11.5 Å². The highest BCUT2D eigenvalue weighted by Gasteiger charge is 2.08. The Bertz CT molecular complexity index is 588. The topological polar surface area (TPSA) is 35.2 Å². The molecule has 0 radical (unpaired) electrons. The Morgan fingerprint density at radius 2 is 2.05 bits per heavy atom. The van der Waals surface area contributed by atoms with Crippen LogP contribution in [0.2, 0.25) is 0 Å². The molecule has 20 heavy (non-hydrogen) atoms. The van der Waals surface area contributed by atoms with Gasteiger partial charge in [-0.25, -0.2) is 4.39 Å². The third-order valence-electron chi connectivity index (χ3n) is 3.04. The summed E-state index contributed by atoms with van der Waals surface area (Å²) in [5, 5.41) is 0. The first-order valence-corrected chi connectivity index (χ1v) is 7.35. The second kappa shape index (κ2) is 6.86. The molecule has 0 bridgehead atoms. The van der Waals surface area contributed by atoms with Crippen molar-refractivity contribution in [1.82, 2.24) is 0 Å². The summed E-state index contributed by atoms with van der Waals surface area (Å²) >= 11 is 3.35. The lowest BCUT2D eigenvalue weighted by molar-refractivity contribution is 0.441. The zero-order valence-corrected chi connectivity index (χ0v) is 12.9. The number of nitrogens with two attached hydrogens (primary N) is 1. The maximum atomic E-state index is 14.0. The van der Waals surface area contributed by atoms with Gasteiger partial charge in [0.25, 0.3) is 0 Å². The molecule has 1 atom stereocenters. The smallest absolute Gasteiger partial charge is 0.165 e. The number of rotatable bonds is 5. The van der Waals surface area contributed by atoms with Gasteiger partial charge in [-0.3, -0.25) is 0 Å². The average Bonchev–Trinajstić information content (AvgIpc) is 2.42. The van der Waals surface area contributed by atoms with E-state index in [0.29, 0.717) is 12.2 Å². The molecule has 0 heterocycles. The average molecular weight is 338 g/mol. The molecule has 4 heteroatoms. The highest BCUT2D eigenvalue weighted by Crippen LogP contribution is 2.27. The Hall–Kier alpha value is -1.39. The van der Waals surface area contributed by atoms with Crippen LogP contribution in [0, 0.1) is 5.82 Å². The van der Waals surface area contributed by atoms with Crippen LogP contribution in [0.4, 0.5) is 4.39 Å².